The Morgan fingerprint density at radius 3 is 2.51 bits per heavy atom. The maximum atomic E-state index is 12.0. The van der Waals surface area contributed by atoms with Crippen LogP contribution in [-0.2, 0) is 16.0 Å². The Balaban J connectivity index is 0.000000202. The van der Waals surface area contributed by atoms with E-state index in [-0.39, 0.29) is 11.9 Å². The molecule has 0 saturated carbocycles. The Morgan fingerprint density at radius 1 is 0.951 bits per heavy atom. The number of amides is 1. The number of anilines is 1. The van der Waals surface area contributed by atoms with Crippen LogP contribution in [0.4, 0.5) is 5.69 Å². The number of ether oxygens (including phenoxy) is 1. The van der Waals surface area contributed by atoms with Crippen LogP contribution in [0.2, 0.25) is 0 Å². The van der Waals surface area contributed by atoms with Gasteiger partial charge in [0, 0.05) is 30.4 Å². The number of benzene rings is 4. The van der Waals surface area contributed by atoms with Gasteiger partial charge in [0.15, 0.2) is 0 Å². The average Bonchev–Trinajstić information content (AvgIpc) is 3.02. The predicted octanol–water partition coefficient (Wildman–Crippen LogP) is 8.20. The van der Waals surface area contributed by atoms with E-state index in [1.165, 1.54) is 59.9 Å². The van der Waals surface area contributed by atoms with E-state index < -0.39 is 0 Å². The van der Waals surface area contributed by atoms with Crippen LogP contribution < -0.4 is 5.32 Å². The number of nitrogens with one attached hydrogen (secondary N) is 1. The third kappa shape index (κ3) is 6.33. The van der Waals surface area contributed by atoms with E-state index in [2.05, 4.69) is 63.3 Å². The lowest BCUT2D eigenvalue weighted by Crippen LogP contribution is -2.11. The zero-order valence-corrected chi connectivity index (χ0v) is 24.2. The lowest BCUT2D eigenvalue weighted by atomic mass is 9.78. The number of hydrogen-bond donors (Lipinski definition) is 1. The molecule has 5 aromatic rings. The molecule has 7 heteroatoms. The van der Waals surface area contributed by atoms with Crippen molar-refractivity contribution in [3.05, 3.63) is 89.7 Å². The summed E-state index contributed by atoms with van der Waals surface area (Å²) in [5, 5.41) is 8.15. The van der Waals surface area contributed by atoms with Crippen LogP contribution in [0.25, 0.3) is 32.6 Å². The fraction of sp³-hybridized carbons (Fsp3) is 0.294. The van der Waals surface area contributed by atoms with Gasteiger partial charge in [0.25, 0.3) is 0 Å². The maximum Gasteiger partial charge on any atom is 0.337 e. The summed E-state index contributed by atoms with van der Waals surface area (Å²) in [7, 11) is 1.35. The van der Waals surface area contributed by atoms with Crippen LogP contribution in [0.5, 0.6) is 0 Å². The summed E-state index contributed by atoms with van der Waals surface area (Å²) in [5.41, 5.74) is 5.89. The Kier molecular flexibility index (Phi) is 9.10. The molecule has 1 aliphatic rings. The van der Waals surface area contributed by atoms with E-state index in [1.807, 2.05) is 6.07 Å². The van der Waals surface area contributed by atoms with Crippen LogP contribution in [0, 0.1) is 0 Å². The highest BCUT2D eigenvalue weighted by molar-refractivity contribution is 6.18. The van der Waals surface area contributed by atoms with Gasteiger partial charge in [-0.05, 0) is 101 Å². The van der Waals surface area contributed by atoms with Gasteiger partial charge in [-0.2, -0.15) is 0 Å². The monoisotopic (exact) mass is 567 g/mol. The summed E-state index contributed by atoms with van der Waals surface area (Å²) in [6.45, 7) is 2.30. The fourth-order valence-corrected chi connectivity index (χ4v) is 5.88. The van der Waals surface area contributed by atoms with Crippen molar-refractivity contribution >= 4 is 61.7 Å². The van der Waals surface area contributed by atoms with Crippen molar-refractivity contribution in [2.45, 2.75) is 51.4 Å². The van der Waals surface area contributed by atoms with E-state index >= 15 is 0 Å². The van der Waals surface area contributed by atoms with Crippen molar-refractivity contribution < 1.29 is 14.3 Å². The van der Waals surface area contributed by atoms with Gasteiger partial charge >= 0.3 is 5.97 Å². The number of nitrogens with zero attached hydrogens (tertiary/aromatic N) is 2. The van der Waals surface area contributed by atoms with Crippen LogP contribution in [0.1, 0.15) is 66.4 Å². The number of fused-ring (bicyclic) bond motifs is 6. The molecular formula is C34H34ClN3O3. The van der Waals surface area contributed by atoms with Gasteiger partial charge < -0.3 is 10.1 Å². The molecule has 1 amide bonds. The molecular weight excluding hydrogens is 534 g/mol. The summed E-state index contributed by atoms with van der Waals surface area (Å²) >= 11 is 5.67. The zero-order chi connectivity index (χ0) is 28.8. The molecule has 1 N–H and O–H groups in total. The molecule has 4 aromatic carbocycles. The van der Waals surface area contributed by atoms with Gasteiger partial charge in [-0.3, -0.25) is 14.8 Å². The minimum absolute atomic E-state index is 0.0237. The number of rotatable bonds is 6. The first-order valence-corrected chi connectivity index (χ1v) is 14.7. The number of carbonyl (C=O) groups excluding carboxylic acids is 2. The number of carbonyl (C=O) groups is 2. The number of alkyl halides is 1. The molecule has 0 saturated heterocycles. The van der Waals surface area contributed by atoms with Crippen LogP contribution in [0.15, 0.2) is 73.1 Å². The third-order valence-electron chi connectivity index (χ3n) is 7.76. The first-order valence-electron chi connectivity index (χ1n) is 14.2. The molecule has 1 aliphatic carbocycles. The van der Waals surface area contributed by atoms with E-state index in [0.29, 0.717) is 35.7 Å². The Hall–Kier alpha value is -4.03. The van der Waals surface area contributed by atoms with E-state index in [0.717, 1.165) is 11.2 Å². The standard InChI is InChI=1S/C24H26ClNO.C10H8N2O2/c1-2-16-5-3-6-17-8-11-21-20-13-10-19(26-23(27)7-4-14-25)15-18(20)9-12-22(21)24(16)17;1-14-10(13)7-2-3-8-9(6-7)12-5-4-11-8/h8-13,15-16H,2-7,14H2,1H3,(H,26,27);2-6H,1H3. The molecule has 6 nitrogen and oxygen atoms in total. The zero-order valence-electron chi connectivity index (χ0n) is 23.5. The van der Waals surface area contributed by atoms with E-state index in [4.69, 9.17) is 11.6 Å². The highest BCUT2D eigenvalue weighted by Gasteiger charge is 2.21. The Morgan fingerprint density at radius 2 is 1.73 bits per heavy atom. The maximum absolute atomic E-state index is 12.0. The molecule has 1 unspecified atom stereocenters. The van der Waals surface area contributed by atoms with Gasteiger partial charge in [-0.1, -0.05) is 37.3 Å². The molecule has 1 aromatic heterocycles. The molecule has 1 heterocycles. The molecule has 0 aliphatic heterocycles. The second-order valence-electron chi connectivity index (χ2n) is 10.3. The van der Waals surface area contributed by atoms with Gasteiger partial charge in [-0.15, -0.1) is 11.6 Å². The summed E-state index contributed by atoms with van der Waals surface area (Å²) in [5.74, 6) is 0.851. The van der Waals surface area contributed by atoms with E-state index in [1.54, 1.807) is 36.2 Å². The molecule has 41 heavy (non-hydrogen) atoms. The topological polar surface area (TPSA) is 81.2 Å². The van der Waals surface area contributed by atoms with Gasteiger partial charge in [-0.25, -0.2) is 4.79 Å². The molecule has 0 spiro atoms. The molecule has 210 valence electrons. The predicted molar refractivity (Wildman–Crippen MR) is 167 cm³/mol. The largest absolute Gasteiger partial charge is 0.465 e. The second-order valence-corrected chi connectivity index (χ2v) is 10.7. The number of hydrogen-bond acceptors (Lipinski definition) is 5. The molecule has 0 fully saturated rings. The minimum atomic E-state index is -0.363. The third-order valence-corrected chi connectivity index (χ3v) is 8.03. The van der Waals surface area contributed by atoms with Gasteiger partial charge in [0.05, 0.1) is 23.7 Å². The molecule has 0 bridgehead atoms. The highest BCUT2D eigenvalue weighted by Crippen LogP contribution is 2.40. The fourth-order valence-electron chi connectivity index (χ4n) is 5.74. The number of aromatic nitrogens is 2. The number of methoxy groups -OCH3 is 1. The summed E-state index contributed by atoms with van der Waals surface area (Å²) in [4.78, 5) is 31.3. The first kappa shape index (κ1) is 28.5. The van der Waals surface area contributed by atoms with Crippen molar-refractivity contribution in [3.8, 4) is 0 Å². The Labute approximate surface area is 245 Å². The number of esters is 1. The lowest BCUT2D eigenvalue weighted by molar-refractivity contribution is -0.116. The summed E-state index contributed by atoms with van der Waals surface area (Å²) in [6, 6.07) is 20.4. The van der Waals surface area contributed by atoms with Crippen molar-refractivity contribution in [2.75, 3.05) is 18.3 Å². The number of halogens is 1. The van der Waals surface area contributed by atoms with Crippen molar-refractivity contribution in [1.29, 1.82) is 0 Å². The van der Waals surface area contributed by atoms with Crippen molar-refractivity contribution in [1.82, 2.24) is 9.97 Å². The van der Waals surface area contributed by atoms with Gasteiger partial charge in [0.1, 0.15) is 0 Å². The second kappa shape index (κ2) is 13.1. The summed E-state index contributed by atoms with van der Waals surface area (Å²) in [6.07, 6.45) is 9.37. The Bertz CT molecular complexity index is 1720. The van der Waals surface area contributed by atoms with Gasteiger partial charge in [0.2, 0.25) is 5.91 Å². The van der Waals surface area contributed by atoms with Crippen LogP contribution in [-0.4, -0.2) is 34.8 Å². The van der Waals surface area contributed by atoms with Crippen molar-refractivity contribution in [3.63, 3.8) is 0 Å². The quantitative estimate of drug-likeness (QED) is 0.127. The molecule has 1 atom stereocenters. The smallest absolute Gasteiger partial charge is 0.337 e. The average molecular weight is 568 g/mol. The molecule has 6 rings (SSSR count). The lowest BCUT2D eigenvalue weighted by Gasteiger charge is -2.26. The first-order chi connectivity index (χ1) is 20.0. The van der Waals surface area contributed by atoms with E-state index in [9.17, 15) is 9.59 Å². The molecule has 0 radical (unpaired) electrons. The van der Waals surface area contributed by atoms with Crippen molar-refractivity contribution in [2.24, 2.45) is 0 Å². The number of aryl methyl sites for hydroxylation is 1. The van der Waals surface area contributed by atoms with Crippen LogP contribution in [0.3, 0.4) is 0 Å². The van der Waals surface area contributed by atoms with Crippen LogP contribution >= 0.6 is 11.6 Å². The highest BCUT2D eigenvalue weighted by atomic mass is 35.5. The normalized spacial score (nSPS) is 14.3. The summed E-state index contributed by atoms with van der Waals surface area (Å²) < 4.78 is 4.60. The SMILES string of the molecule is CCC1CCCc2ccc3c(ccc4cc(NC(=O)CCCCl)ccc43)c21.COC(=O)c1ccc2nccnc2c1. The minimum Gasteiger partial charge on any atom is -0.465 e.